The van der Waals surface area contributed by atoms with Gasteiger partial charge in [0.2, 0.25) is 0 Å². The zero-order valence-electron chi connectivity index (χ0n) is 9.45. The van der Waals surface area contributed by atoms with Gasteiger partial charge in [-0.2, -0.15) is 0 Å². The van der Waals surface area contributed by atoms with E-state index in [0.29, 0.717) is 11.4 Å². The minimum atomic E-state index is -0.397. The SMILES string of the molecule is COC1(c2ncc(CN)c(=O)[nH]2)CCCC1. The van der Waals surface area contributed by atoms with Crippen molar-refractivity contribution in [2.75, 3.05) is 7.11 Å². The lowest BCUT2D eigenvalue weighted by Gasteiger charge is -2.25. The summed E-state index contributed by atoms with van der Waals surface area (Å²) in [4.78, 5) is 18.7. The lowest BCUT2D eigenvalue weighted by atomic mass is 10.0. The summed E-state index contributed by atoms with van der Waals surface area (Å²) in [6.45, 7) is 0.211. The van der Waals surface area contributed by atoms with Crippen molar-refractivity contribution in [3.8, 4) is 0 Å². The van der Waals surface area contributed by atoms with Crippen LogP contribution in [0.1, 0.15) is 37.1 Å². The molecule has 0 atom stereocenters. The molecule has 0 unspecified atom stereocenters. The second kappa shape index (κ2) is 4.35. The van der Waals surface area contributed by atoms with Crippen LogP contribution in [0.25, 0.3) is 0 Å². The molecule has 0 bridgehead atoms. The third kappa shape index (κ3) is 1.76. The molecule has 5 nitrogen and oxygen atoms in total. The van der Waals surface area contributed by atoms with Crippen LogP contribution in [0.15, 0.2) is 11.0 Å². The third-order valence-corrected chi connectivity index (χ3v) is 3.33. The number of hydrogen-bond acceptors (Lipinski definition) is 4. The Balaban J connectivity index is 2.40. The van der Waals surface area contributed by atoms with Gasteiger partial charge >= 0.3 is 0 Å². The summed E-state index contributed by atoms with van der Waals surface area (Å²) in [6.07, 6.45) is 5.59. The Labute approximate surface area is 94.0 Å². The second-order valence-corrected chi connectivity index (χ2v) is 4.20. The van der Waals surface area contributed by atoms with Crippen molar-refractivity contribution in [2.24, 2.45) is 5.73 Å². The maximum atomic E-state index is 11.7. The minimum absolute atomic E-state index is 0.157. The summed E-state index contributed by atoms with van der Waals surface area (Å²) in [6, 6.07) is 0. The summed E-state index contributed by atoms with van der Waals surface area (Å²) in [5.74, 6) is 0.634. The molecular weight excluding hydrogens is 206 g/mol. The molecule has 2 rings (SSSR count). The molecular formula is C11H17N3O2. The number of ether oxygens (including phenoxy) is 1. The van der Waals surface area contributed by atoms with Crippen LogP contribution in [-0.2, 0) is 16.9 Å². The number of aromatic nitrogens is 2. The molecule has 1 aliphatic rings. The first kappa shape index (κ1) is 11.3. The summed E-state index contributed by atoms with van der Waals surface area (Å²) in [5.41, 5.74) is 5.38. The normalized spacial score (nSPS) is 18.9. The van der Waals surface area contributed by atoms with Crippen molar-refractivity contribution >= 4 is 0 Å². The van der Waals surface area contributed by atoms with Gasteiger partial charge in [0, 0.05) is 25.4 Å². The van der Waals surface area contributed by atoms with Crippen LogP contribution in [0.5, 0.6) is 0 Å². The molecule has 16 heavy (non-hydrogen) atoms. The smallest absolute Gasteiger partial charge is 0.255 e. The van der Waals surface area contributed by atoms with Crippen LogP contribution in [0.3, 0.4) is 0 Å². The molecule has 1 fully saturated rings. The number of nitrogens with one attached hydrogen (secondary N) is 1. The monoisotopic (exact) mass is 223 g/mol. The van der Waals surface area contributed by atoms with E-state index in [1.54, 1.807) is 13.3 Å². The van der Waals surface area contributed by atoms with E-state index in [2.05, 4.69) is 9.97 Å². The fraction of sp³-hybridized carbons (Fsp3) is 0.636. The van der Waals surface area contributed by atoms with Crippen molar-refractivity contribution in [2.45, 2.75) is 37.8 Å². The molecule has 1 aromatic rings. The van der Waals surface area contributed by atoms with Crippen LogP contribution >= 0.6 is 0 Å². The molecule has 1 heterocycles. The predicted molar refractivity (Wildman–Crippen MR) is 59.9 cm³/mol. The van der Waals surface area contributed by atoms with Gasteiger partial charge in [-0.15, -0.1) is 0 Å². The fourth-order valence-corrected chi connectivity index (χ4v) is 2.28. The maximum Gasteiger partial charge on any atom is 0.255 e. The van der Waals surface area contributed by atoms with Gasteiger partial charge in [0.05, 0.1) is 0 Å². The molecule has 88 valence electrons. The molecule has 0 aromatic carbocycles. The highest BCUT2D eigenvalue weighted by atomic mass is 16.5. The van der Waals surface area contributed by atoms with E-state index in [9.17, 15) is 4.79 Å². The van der Waals surface area contributed by atoms with E-state index in [4.69, 9.17) is 10.5 Å². The topological polar surface area (TPSA) is 81.0 Å². The molecule has 0 amide bonds. The van der Waals surface area contributed by atoms with Gasteiger partial charge < -0.3 is 15.5 Å². The van der Waals surface area contributed by atoms with Crippen molar-refractivity contribution in [1.29, 1.82) is 0 Å². The average Bonchev–Trinajstić information content (AvgIpc) is 2.78. The van der Waals surface area contributed by atoms with E-state index in [-0.39, 0.29) is 12.1 Å². The average molecular weight is 223 g/mol. The van der Waals surface area contributed by atoms with E-state index in [1.807, 2.05) is 0 Å². The van der Waals surface area contributed by atoms with Crippen LogP contribution in [0.4, 0.5) is 0 Å². The molecule has 5 heteroatoms. The molecule has 1 aromatic heterocycles. The highest BCUT2D eigenvalue weighted by molar-refractivity contribution is 5.11. The summed E-state index contributed by atoms with van der Waals surface area (Å²) >= 11 is 0. The zero-order valence-corrected chi connectivity index (χ0v) is 9.45. The van der Waals surface area contributed by atoms with Crippen molar-refractivity contribution in [3.63, 3.8) is 0 Å². The first-order valence-electron chi connectivity index (χ1n) is 5.56. The Morgan fingerprint density at radius 2 is 2.25 bits per heavy atom. The number of aromatic amines is 1. The Kier molecular flexibility index (Phi) is 3.07. The van der Waals surface area contributed by atoms with Gasteiger partial charge in [0.25, 0.3) is 5.56 Å². The molecule has 3 N–H and O–H groups in total. The predicted octanol–water partition coefficient (Wildman–Crippen LogP) is 0.644. The number of hydrogen-bond donors (Lipinski definition) is 2. The first-order valence-corrected chi connectivity index (χ1v) is 5.56. The first-order chi connectivity index (χ1) is 7.72. The summed E-state index contributed by atoms with van der Waals surface area (Å²) in [7, 11) is 1.67. The standard InChI is InChI=1S/C11H17N3O2/c1-16-11(4-2-3-5-11)10-13-7-8(6-12)9(15)14-10/h7H,2-6,12H2,1H3,(H,13,14,15). The number of nitrogens with two attached hydrogens (primary N) is 1. The quantitative estimate of drug-likeness (QED) is 0.788. The van der Waals surface area contributed by atoms with E-state index in [0.717, 1.165) is 25.7 Å². The fourth-order valence-electron chi connectivity index (χ4n) is 2.28. The largest absolute Gasteiger partial charge is 0.370 e. The van der Waals surface area contributed by atoms with Crippen molar-refractivity contribution in [1.82, 2.24) is 9.97 Å². The second-order valence-electron chi connectivity index (χ2n) is 4.20. The highest BCUT2D eigenvalue weighted by Gasteiger charge is 2.38. The number of methoxy groups -OCH3 is 1. The van der Waals surface area contributed by atoms with Crippen molar-refractivity contribution < 1.29 is 4.74 Å². The van der Waals surface area contributed by atoms with Gasteiger partial charge in [-0.25, -0.2) is 4.98 Å². The molecule has 1 saturated carbocycles. The van der Waals surface area contributed by atoms with Crippen LogP contribution < -0.4 is 11.3 Å². The van der Waals surface area contributed by atoms with Gasteiger partial charge in [-0.3, -0.25) is 4.79 Å². The Morgan fingerprint density at radius 1 is 1.56 bits per heavy atom. The summed E-state index contributed by atoms with van der Waals surface area (Å²) in [5, 5.41) is 0. The molecule has 0 radical (unpaired) electrons. The molecule has 0 spiro atoms. The van der Waals surface area contributed by atoms with Crippen LogP contribution in [-0.4, -0.2) is 17.1 Å². The summed E-state index contributed by atoms with van der Waals surface area (Å²) < 4.78 is 5.55. The Hall–Kier alpha value is -1.20. The minimum Gasteiger partial charge on any atom is -0.370 e. The Bertz CT molecular complexity index is 421. The van der Waals surface area contributed by atoms with Crippen LogP contribution in [0.2, 0.25) is 0 Å². The molecule has 0 aliphatic heterocycles. The number of rotatable bonds is 3. The van der Waals surface area contributed by atoms with Gasteiger partial charge in [0.15, 0.2) is 0 Å². The molecule has 1 aliphatic carbocycles. The molecule has 0 saturated heterocycles. The van der Waals surface area contributed by atoms with Crippen molar-refractivity contribution in [3.05, 3.63) is 27.9 Å². The number of H-pyrrole nitrogens is 1. The zero-order chi connectivity index (χ0) is 11.6. The lowest BCUT2D eigenvalue weighted by Crippen LogP contribution is -2.31. The lowest BCUT2D eigenvalue weighted by molar-refractivity contribution is -0.0165. The van der Waals surface area contributed by atoms with Crippen LogP contribution in [0, 0.1) is 0 Å². The van der Waals surface area contributed by atoms with Gasteiger partial charge in [-0.05, 0) is 25.7 Å². The Morgan fingerprint density at radius 3 is 2.75 bits per heavy atom. The van der Waals surface area contributed by atoms with E-state index < -0.39 is 5.60 Å². The van der Waals surface area contributed by atoms with Gasteiger partial charge in [0.1, 0.15) is 11.4 Å². The number of nitrogens with zero attached hydrogens (tertiary/aromatic N) is 1. The maximum absolute atomic E-state index is 11.7. The van der Waals surface area contributed by atoms with E-state index in [1.165, 1.54) is 0 Å². The third-order valence-electron chi connectivity index (χ3n) is 3.33. The van der Waals surface area contributed by atoms with E-state index >= 15 is 0 Å². The highest BCUT2D eigenvalue weighted by Crippen LogP contribution is 2.39. The van der Waals surface area contributed by atoms with Gasteiger partial charge in [-0.1, -0.05) is 0 Å².